The largest absolute Gasteiger partial charge is 0.371 e. The minimum absolute atomic E-state index is 0.155. The van der Waals surface area contributed by atoms with Gasteiger partial charge in [0.25, 0.3) is 0 Å². The van der Waals surface area contributed by atoms with Crippen molar-refractivity contribution in [3.05, 3.63) is 30.1 Å². The predicted molar refractivity (Wildman–Crippen MR) is 65.0 cm³/mol. The van der Waals surface area contributed by atoms with Crippen LogP contribution in [0.4, 0.5) is 10.1 Å². The van der Waals surface area contributed by atoms with Crippen molar-refractivity contribution in [3.8, 4) is 0 Å². The number of nitrogens with zero attached hydrogens (tertiary/aromatic N) is 1. The van der Waals surface area contributed by atoms with Gasteiger partial charge in [0, 0.05) is 18.8 Å². The van der Waals surface area contributed by atoms with Crippen molar-refractivity contribution in [3.63, 3.8) is 0 Å². The van der Waals surface area contributed by atoms with Crippen LogP contribution >= 0.6 is 0 Å². The molecule has 2 rings (SSSR count). The molecule has 1 atom stereocenters. The van der Waals surface area contributed by atoms with Gasteiger partial charge in [0.05, 0.1) is 0 Å². The Bertz CT molecular complexity index is 340. The molecule has 0 aromatic heterocycles. The molecule has 0 saturated carbocycles. The predicted octanol–water partition coefficient (Wildman–Crippen LogP) is 2.39. The lowest BCUT2D eigenvalue weighted by molar-refractivity contribution is 0.485. The number of rotatable bonds is 2. The topological polar surface area (TPSA) is 29.3 Å². The smallest absolute Gasteiger partial charge is 0.125 e. The van der Waals surface area contributed by atoms with Crippen molar-refractivity contribution >= 4 is 5.69 Å². The highest BCUT2D eigenvalue weighted by atomic mass is 19.1. The summed E-state index contributed by atoms with van der Waals surface area (Å²) < 4.78 is 13.1. The molecular formula is C13H19FN2. The summed E-state index contributed by atoms with van der Waals surface area (Å²) in [5, 5.41) is 0. The third-order valence-corrected chi connectivity index (χ3v) is 3.35. The quantitative estimate of drug-likeness (QED) is 0.832. The molecule has 2 N–H and O–H groups in total. The van der Waals surface area contributed by atoms with Gasteiger partial charge >= 0.3 is 0 Å². The van der Waals surface area contributed by atoms with Crippen molar-refractivity contribution in [1.29, 1.82) is 0 Å². The van der Waals surface area contributed by atoms with Gasteiger partial charge in [-0.3, -0.25) is 0 Å². The molecule has 1 fully saturated rings. The molecule has 1 unspecified atom stereocenters. The maximum Gasteiger partial charge on any atom is 0.125 e. The maximum absolute atomic E-state index is 13.1. The molecule has 1 aliphatic rings. The van der Waals surface area contributed by atoms with E-state index in [1.807, 2.05) is 6.07 Å². The van der Waals surface area contributed by atoms with E-state index in [4.69, 9.17) is 5.73 Å². The van der Waals surface area contributed by atoms with Gasteiger partial charge in [-0.15, -0.1) is 0 Å². The fourth-order valence-electron chi connectivity index (χ4n) is 2.33. The Labute approximate surface area is 96.2 Å². The number of hydrogen-bond donors (Lipinski definition) is 1. The fourth-order valence-corrected chi connectivity index (χ4v) is 2.33. The van der Waals surface area contributed by atoms with Crippen molar-refractivity contribution in [1.82, 2.24) is 0 Å². The van der Waals surface area contributed by atoms with Gasteiger partial charge in [-0.25, -0.2) is 4.39 Å². The minimum Gasteiger partial charge on any atom is -0.371 e. The second-order valence-electron chi connectivity index (χ2n) is 4.50. The molecule has 3 heteroatoms. The first-order valence-electron chi connectivity index (χ1n) is 6.00. The summed E-state index contributed by atoms with van der Waals surface area (Å²) in [4.78, 5) is 2.26. The molecular weight excluding hydrogens is 203 g/mol. The van der Waals surface area contributed by atoms with E-state index in [-0.39, 0.29) is 5.82 Å². The van der Waals surface area contributed by atoms with E-state index in [0.29, 0.717) is 5.92 Å². The first-order valence-corrected chi connectivity index (χ1v) is 6.00. The van der Waals surface area contributed by atoms with Crippen LogP contribution in [0.15, 0.2) is 24.3 Å². The molecule has 0 amide bonds. The highest BCUT2D eigenvalue weighted by Crippen LogP contribution is 2.22. The van der Waals surface area contributed by atoms with Crippen LogP contribution in [0.3, 0.4) is 0 Å². The number of nitrogens with two attached hydrogens (primary N) is 1. The summed E-state index contributed by atoms with van der Waals surface area (Å²) in [6.45, 7) is 2.78. The minimum atomic E-state index is -0.155. The van der Waals surface area contributed by atoms with E-state index in [2.05, 4.69) is 4.90 Å². The Kier molecular flexibility index (Phi) is 3.78. The van der Waals surface area contributed by atoms with Crippen LogP contribution in [0.5, 0.6) is 0 Å². The summed E-state index contributed by atoms with van der Waals surface area (Å²) in [6.07, 6.45) is 3.47. The first-order chi connectivity index (χ1) is 7.79. The van der Waals surface area contributed by atoms with Gasteiger partial charge in [0.2, 0.25) is 0 Å². The van der Waals surface area contributed by atoms with E-state index in [1.165, 1.54) is 12.5 Å². The SMILES string of the molecule is NCC1CCCN(c2cccc(F)c2)CC1. The number of hydrogen-bond acceptors (Lipinski definition) is 2. The van der Waals surface area contributed by atoms with Crippen molar-refractivity contribution in [2.45, 2.75) is 19.3 Å². The highest BCUT2D eigenvalue weighted by molar-refractivity contribution is 5.46. The molecule has 1 heterocycles. The van der Waals surface area contributed by atoms with Crippen LogP contribution in [-0.2, 0) is 0 Å². The lowest BCUT2D eigenvalue weighted by Gasteiger charge is -2.22. The normalized spacial score (nSPS) is 21.9. The lowest BCUT2D eigenvalue weighted by Crippen LogP contribution is -2.24. The molecule has 16 heavy (non-hydrogen) atoms. The zero-order chi connectivity index (χ0) is 11.4. The molecule has 88 valence electrons. The Morgan fingerprint density at radius 1 is 1.31 bits per heavy atom. The van der Waals surface area contributed by atoms with Gasteiger partial charge in [-0.05, 0) is 49.9 Å². The molecule has 1 aromatic carbocycles. The van der Waals surface area contributed by atoms with Crippen molar-refractivity contribution in [2.24, 2.45) is 11.7 Å². The Hall–Kier alpha value is -1.09. The number of anilines is 1. The summed E-state index contributed by atoms with van der Waals surface area (Å²) in [7, 11) is 0. The summed E-state index contributed by atoms with van der Waals surface area (Å²) in [5.41, 5.74) is 6.70. The van der Waals surface area contributed by atoms with Gasteiger partial charge in [-0.2, -0.15) is 0 Å². The van der Waals surface area contributed by atoms with Gasteiger partial charge in [0.1, 0.15) is 5.82 Å². The van der Waals surface area contributed by atoms with Crippen LogP contribution < -0.4 is 10.6 Å². The zero-order valence-corrected chi connectivity index (χ0v) is 9.53. The first kappa shape index (κ1) is 11.4. The van der Waals surface area contributed by atoms with Gasteiger partial charge in [-0.1, -0.05) is 6.07 Å². The Morgan fingerprint density at radius 3 is 2.94 bits per heavy atom. The monoisotopic (exact) mass is 222 g/mol. The molecule has 1 aromatic rings. The van der Waals surface area contributed by atoms with E-state index in [1.54, 1.807) is 12.1 Å². The third kappa shape index (κ3) is 2.73. The molecule has 0 aliphatic carbocycles. The van der Waals surface area contributed by atoms with Crippen molar-refractivity contribution in [2.75, 3.05) is 24.5 Å². The summed E-state index contributed by atoms with van der Waals surface area (Å²) in [6, 6.07) is 6.86. The van der Waals surface area contributed by atoms with E-state index >= 15 is 0 Å². The second kappa shape index (κ2) is 5.30. The van der Waals surface area contributed by atoms with Crippen LogP contribution in [-0.4, -0.2) is 19.6 Å². The average molecular weight is 222 g/mol. The zero-order valence-electron chi connectivity index (χ0n) is 9.53. The van der Waals surface area contributed by atoms with E-state index in [0.717, 1.165) is 38.2 Å². The lowest BCUT2D eigenvalue weighted by atomic mass is 10.0. The Balaban J connectivity index is 2.04. The van der Waals surface area contributed by atoms with Gasteiger partial charge in [0.15, 0.2) is 0 Å². The van der Waals surface area contributed by atoms with Crippen LogP contribution in [0, 0.1) is 11.7 Å². The van der Waals surface area contributed by atoms with Crippen LogP contribution in [0.2, 0.25) is 0 Å². The van der Waals surface area contributed by atoms with Crippen LogP contribution in [0.1, 0.15) is 19.3 Å². The summed E-state index contributed by atoms with van der Waals surface area (Å²) in [5.74, 6) is 0.482. The maximum atomic E-state index is 13.1. The molecule has 2 nitrogen and oxygen atoms in total. The van der Waals surface area contributed by atoms with Crippen LogP contribution in [0.25, 0.3) is 0 Å². The molecule has 0 radical (unpaired) electrons. The average Bonchev–Trinajstić information content (AvgIpc) is 2.54. The second-order valence-corrected chi connectivity index (χ2v) is 4.50. The highest BCUT2D eigenvalue weighted by Gasteiger charge is 2.16. The van der Waals surface area contributed by atoms with E-state index < -0.39 is 0 Å². The van der Waals surface area contributed by atoms with Gasteiger partial charge < -0.3 is 10.6 Å². The standard InChI is InChI=1S/C13H19FN2/c14-12-4-1-5-13(9-12)16-7-2-3-11(10-15)6-8-16/h1,4-5,9,11H,2-3,6-8,10,15H2. The molecule has 1 aliphatic heterocycles. The van der Waals surface area contributed by atoms with Crippen molar-refractivity contribution < 1.29 is 4.39 Å². The Morgan fingerprint density at radius 2 is 2.19 bits per heavy atom. The summed E-state index contributed by atoms with van der Waals surface area (Å²) >= 11 is 0. The number of benzene rings is 1. The molecule has 0 spiro atoms. The third-order valence-electron chi connectivity index (χ3n) is 3.35. The number of halogens is 1. The molecule has 0 bridgehead atoms. The fraction of sp³-hybridized carbons (Fsp3) is 0.538. The molecule has 1 saturated heterocycles. The van der Waals surface area contributed by atoms with E-state index in [9.17, 15) is 4.39 Å².